The molecule has 1 atom stereocenters. The minimum Gasteiger partial charge on any atom is -0.353 e. The van der Waals surface area contributed by atoms with Crippen molar-refractivity contribution in [3.8, 4) is 0 Å². The zero-order valence-electron chi connectivity index (χ0n) is 9.58. The molecular weight excluding hydrogens is 192 g/mol. The van der Waals surface area contributed by atoms with Crippen LogP contribution in [0.25, 0.3) is 0 Å². The van der Waals surface area contributed by atoms with Gasteiger partial charge in [0.05, 0.1) is 6.04 Å². The van der Waals surface area contributed by atoms with E-state index in [1.54, 1.807) is 6.92 Å². The lowest BCUT2D eigenvalue weighted by Gasteiger charge is -2.32. The van der Waals surface area contributed by atoms with Crippen LogP contribution in [0.5, 0.6) is 0 Å². The maximum atomic E-state index is 11.3. The molecule has 4 heteroatoms. The van der Waals surface area contributed by atoms with E-state index in [2.05, 4.69) is 10.2 Å². The van der Waals surface area contributed by atoms with E-state index in [9.17, 15) is 9.59 Å². The van der Waals surface area contributed by atoms with Gasteiger partial charge in [-0.1, -0.05) is 0 Å². The molecule has 0 saturated carbocycles. The molecule has 0 aromatic rings. The molecule has 0 aromatic carbocycles. The highest BCUT2D eigenvalue weighted by Crippen LogP contribution is 2.06. The summed E-state index contributed by atoms with van der Waals surface area (Å²) < 4.78 is 0. The van der Waals surface area contributed by atoms with Crippen molar-refractivity contribution in [1.29, 1.82) is 0 Å². The van der Waals surface area contributed by atoms with Gasteiger partial charge in [0.15, 0.2) is 0 Å². The summed E-state index contributed by atoms with van der Waals surface area (Å²) in [6.07, 6.45) is 2.59. The summed E-state index contributed by atoms with van der Waals surface area (Å²) >= 11 is 0. The number of Topliss-reactive ketones (excluding diaryl/α,β-unsaturated/α-hetero) is 1. The quantitative estimate of drug-likeness (QED) is 0.678. The maximum absolute atomic E-state index is 11.3. The lowest BCUT2D eigenvalue weighted by molar-refractivity contribution is -0.128. The summed E-state index contributed by atoms with van der Waals surface area (Å²) in [5.41, 5.74) is 0. The van der Waals surface area contributed by atoms with Crippen molar-refractivity contribution >= 4 is 11.7 Å². The molecule has 1 unspecified atom stereocenters. The Bertz CT molecular complexity index is 241. The van der Waals surface area contributed by atoms with Crippen LogP contribution < -0.4 is 5.32 Å². The van der Waals surface area contributed by atoms with Crippen LogP contribution in [0.4, 0.5) is 0 Å². The fourth-order valence-electron chi connectivity index (χ4n) is 1.82. The Morgan fingerprint density at radius 2 is 2.27 bits per heavy atom. The van der Waals surface area contributed by atoms with Crippen molar-refractivity contribution in [3.05, 3.63) is 0 Å². The van der Waals surface area contributed by atoms with E-state index in [0.717, 1.165) is 32.5 Å². The minimum absolute atomic E-state index is 0.0175. The fraction of sp³-hybridized carbons (Fsp3) is 0.818. The average molecular weight is 212 g/mol. The van der Waals surface area contributed by atoms with Crippen LogP contribution in [0.15, 0.2) is 0 Å². The van der Waals surface area contributed by atoms with Crippen molar-refractivity contribution < 1.29 is 9.59 Å². The third kappa shape index (κ3) is 4.00. The fourth-order valence-corrected chi connectivity index (χ4v) is 1.82. The highest BCUT2D eigenvalue weighted by Gasteiger charge is 2.24. The normalized spacial score (nSPS) is 22.5. The summed E-state index contributed by atoms with van der Waals surface area (Å²) in [5.74, 6) is 0.368. The Kier molecular flexibility index (Phi) is 4.75. The first-order valence-electron chi connectivity index (χ1n) is 5.62. The number of hydrogen-bond acceptors (Lipinski definition) is 3. The lowest BCUT2D eigenvalue weighted by atomic mass is 10.1. The van der Waals surface area contributed by atoms with Crippen LogP contribution in [0.2, 0.25) is 0 Å². The third-order valence-electron chi connectivity index (χ3n) is 2.85. The SMILES string of the molecule is CC(=O)CCCCN1CCNC(=O)C1C. The molecule has 1 amide bonds. The molecule has 1 heterocycles. The second kappa shape index (κ2) is 5.85. The number of hydrogen-bond donors (Lipinski definition) is 1. The van der Waals surface area contributed by atoms with E-state index in [0.29, 0.717) is 6.42 Å². The van der Waals surface area contributed by atoms with Crippen molar-refractivity contribution in [2.75, 3.05) is 19.6 Å². The zero-order valence-corrected chi connectivity index (χ0v) is 9.58. The predicted octanol–water partition coefficient (Wildman–Crippen LogP) is 0.566. The van der Waals surface area contributed by atoms with Gasteiger partial charge in [-0.15, -0.1) is 0 Å². The predicted molar refractivity (Wildman–Crippen MR) is 58.6 cm³/mol. The lowest BCUT2D eigenvalue weighted by Crippen LogP contribution is -2.53. The molecule has 1 aliphatic rings. The number of piperazine rings is 1. The summed E-state index contributed by atoms with van der Waals surface area (Å²) in [6.45, 7) is 6.14. The standard InChI is InChI=1S/C11H20N2O2/c1-9(14)5-3-4-7-13-8-6-12-11(15)10(13)2/h10H,3-8H2,1-2H3,(H,12,15). The van der Waals surface area contributed by atoms with Crippen LogP contribution in [0.3, 0.4) is 0 Å². The summed E-state index contributed by atoms with van der Waals surface area (Å²) in [4.78, 5) is 24.3. The van der Waals surface area contributed by atoms with E-state index < -0.39 is 0 Å². The Morgan fingerprint density at radius 3 is 2.93 bits per heavy atom. The number of ketones is 1. The Labute approximate surface area is 91.0 Å². The molecule has 86 valence electrons. The monoisotopic (exact) mass is 212 g/mol. The smallest absolute Gasteiger partial charge is 0.237 e. The molecule has 1 N–H and O–H groups in total. The van der Waals surface area contributed by atoms with Gasteiger partial charge in [-0.2, -0.15) is 0 Å². The number of unbranched alkanes of at least 4 members (excludes halogenated alkanes) is 1. The Balaban J connectivity index is 2.19. The van der Waals surface area contributed by atoms with E-state index >= 15 is 0 Å². The van der Waals surface area contributed by atoms with Gasteiger partial charge in [0.1, 0.15) is 5.78 Å². The van der Waals surface area contributed by atoms with Gasteiger partial charge >= 0.3 is 0 Å². The highest BCUT2D eigenvalue weighted by molar-refractivity contribution is 5.81. The molecule has 0 aromatic heterocycles. The summed E-state index contributed by atoms with van der Waals surface area (Å²) in [7, 11) is 0. The van der Waals surface area contributed by atoms with Crippen LogP contribution in [-0.4, -0.2) is 42.3 Å². The molecule has 1 aliphatic heterocycles. The summed E-state index contributed by atoms with van der Waals surface area (Å²) in [6, 6.07) is -0.0175. The Hall–Kier alpha value is -0.900. The van der Waals surface area contributed by atoms with Gasteiger partial charge in [-0.05, 0) is 33.2 Å². The third-order valence-corrected chi connectivity index (χ3v) is 2.85. The number of nitrogens with zero attached hydrogens (tertiary/aromatic N) is 1. The Morgan fingerprint density at radius 1 is 1.53 bits per heavy atom. The van der Waals surface area contributed by atoms with Crippen LogP contribution >= 0.6 is 0 Å². The van der Waals surface area contributed by atoms with Crippen LogP contribution in [0.1, 0.15) is 33.1 Å². The molecule has 0 radical (unpaired) electrons. The van der Waals surface area contributed by atoms with Crippen molar-refractivity contribution in [3.63, 3.8) is 0 Å². The molecule has 0 bridgehead atoms. The zero-order chi connectivity index (χ0) is 11.3. The van der Waals surface area contributed by atoms with Crippen molar-refractivity contribution in [2.45, 2.75) is 39.2 Å². The molecule has 0 aliphatic carbocycles. The molecule has 1 saturated heterocycles. The maximum Gasteiger partial charge on any atom is 0.237 e. The van der Waals surface area contributed by atoms with Gasteiger partial charge in [-0.3, -0.25) is 9.69 Å². The number of rotatable bonds is 5. The van der Waals surface area contributed by atoms with Crippen molar-refractivity contribution in [2.24, 2.45) is 0 Å². The van der Waals surface area contributed by atoms with Gasteiger partial charge in [0.25, 0.3) is 0 Å². The summed E-state index contributed by atoms with van der Waals surface area (Å²) in [5, 5.41) is 2.84. The van der Waals surface area contributed by atoms with E-state index in [1.807, 2.05) is 6.92 Å². The van der Waals surface area contributed by atoms with Gasteiger partial charge < -0.3 is 10.1 Å². The average Bonchev–Trinajstić information content (AvgIpc) is 2.18. The van der Waals surface area contributed by atoms with Gasteiger partial charge in [0, 0.05) is 19.5 Å². The number of carbonyl (C=O) groups is 2. The molecule has 0 spiro atoms. The highest BCUT2D eigenvalue weighted by atomic mass is 16.2. The molecule has 1 fully saturated rings. The van der Waals surface area contributed by atoms with Crippen LogP contribution in [0, 0.1) is 0 Å². The topological polar surface area (TPSA) is 49.4 Å². The molecule has 15 heavy (non-hydrogen) atoms. The van der Waals surface area contributed by atoms with Crippen molar-refractivity contribution in [1.82, 2.24) is 10.2 Å². The molecular formula is C11H20N2O2. The minimum atomic E-state index is -0.0175. The van der Waals surface area contributed by atoms with E-state index in [-0.39, 0.29) is 17.7 Å². The second-order valence-corrected chi connectivity index (χ2v) is 4.16. The van der Waals surface area contributed by atoms with Gasteiger partial charge in [-0.25, -0.2) is 0 Å². The first kappa shape index (κ1) is 12.2. The first-order chi connectivity index (χ1) is 7.11. The van der Waals surface area contributed by atoms with Crippen LogP contribution in [-0.2, 0) is 9.59 Å². The molecule has 1 rings (SSSR count). The second-order valence-electron chi connectivity index (χ2n) is 4.16. The van der Waals surface area contributed by atoms with Gasteiger partial charge in [0.2, 0.25) is 5.91 Å². The molecule has 4 nitrogen and oxygen atoms in total. The largest absolute Gasteiger partial charge is 0.353 e. The number of carbonyl (C=O) groups excluding carboxylic acids is 2. The van der Waals surface area contributed by atoms with E-state index in [4.69, 9.17) is 0 Å². The number of amides is 1. The first-order valence-corrected chi connectivity index (χ1v) is 5.62. The van der Waals surface area contributed by atoms with E-state index in [1.165, 1.54) is 0 Å². The number of nitrogens with one attached hydrogen (secondary N) is 1.